The van der Waals surface area contributed by atoms with Crippen molar-refractivity contribution in [2.45, 2.75) is 13.8 Å². The fourth-order valence-corrected chi connectivity index (χ4v) is 3.06. The van der Waals surface area contributed by atoms with E-state index < -0.39 is 4.92 Å². The molecule has 27 heavy (non-hydrogen) atoms. The zero-order chi connectivity index (χ0) is 19.0. The van der Waals surface area contributed by atoms with Crippen LogP contribution >= 0.6 is 0 Å². The molecule has 0 atom stereocenters. The van der Waals surface area contributed by atoms with Crippen molar-refractivity contribution in [2.75, 3.05) is 0 Å². The molecular weight excluding hydrogens is 344 g/mol. The predicted octanol–water partition coefficient (Wildman–Crippen LogP) is 4.72. The van der Waals surface area contributed by atoms with Crippen molar-refractivity contribution in [3.8, 4) is 28.2 Å². The smallest absolute Gasteiger partial charge is 0.269 e. The van der Waals surface area contributed by atoms with Crippen molar-refractivity contribution in [1.29, 1.82) is 0 Å². The van der Waals surface area contributed by atoms with E-state index in [4.69, 9.17) is 4.52 Å². The minimum atomic E-state index is -0.414. The average molecular weight is 360 g/mol. The predicted molar refractivity (Wildman–Crippen MR) is 101 cm³/mol. The van der Waals surface area contributed by atoms with Gasteiger partial charge in [-0.2, -0.15) is 0 Å². The van der Waals surface area contributed by atoms with Crippen LogP contribution in [0.3, 0.4) is 0 Å². The van der Waals surface area contributed by atoms with Crippen molar-refractivity contribution in [1.82, 2.24) is 14.7 Å². The summed E-state index contributed by atoms with van der Waals surface area (Å²) in [6.45, 7) is 3.74. The monoisotopic (exact) mass is 360 g/mol. The second-order valence-corrected chi connectivity index (χ2v) is 6.15. The van der Waals surface area contributed by atoms with Gasteiger partial charge in [-0.1, -0.05) is 35.5 Å². The third-order valence-corrected chi connectivity index (χ3v) is 4.39. The zero-order valence-corrected chi connectivity index (χ0v) is 14.8. The number of aryl methyl sites for hydroxylation is 2. The van der Waals surface area contributed by atoms with Crippen LogP contribution in [0.2, 0.25) is 0 Å². The van der Waals surface area contributed by atoms with Gasteiger partial charge in [-0.15, -0.1) is 0 Å². The first-order valence-electron chi connectivity index (χ1n) is 8.37. The summed E-state index contributed by atoms with van der Waals surface area (Å²) in [5.74, 6) is 1.45. The minimum Gasteiger partial charge on any atom is -0.360 e. The fourth-order valence-electron chi connectivity index (χ4n) is 3.06. The highest BCUT2D eigenvalue weighted by Gasteiger charge is 2.20. The normalized spacial score (nSPS) is 10.9. The molecule has 134 valence electrons. The molecule has 2 heterocycles. The summed E-state index contributed by atoms with van der Waals surface area (Å²) in [6.07, 6.45) is 1.89. The van der Waals surface area contributed by atoms with E-state index in [-0.39, 0.29) is 5.69 Å². The molecular formula is C20H16N4O3. The highest BCUT2D eigenvalue weighted by atomic mass is 16.6. The summed E-state index contributed by atoms with van der Waals surface area (Å²) in [5, 5.41) is 15.1. The quantitative estimate of drug-likeness (QED) is 0.388. The topological polar surface area (TPSA) is 87.0 Å². The maximum absolute atomic E-state index is 10.9. The van der Waals surface area contributed by atoms with Crippen LogP contribution in [0.1, 0.15) is 11.6 Å². The number of aromatic nitrogens is 3. The molecule has 0 saturated heterocycles. The number of benzene rings is 2. The Morgan fingerprint density at radius 1 is 1.04 bits per heavy atom. The van der Waals surface area contributed by atoms with Gasteiger partial charge in [0.15, 0.2) is 0 Å². The number of rotatable bonds is 4. The molecule has 0 aliphatic heterocycles. The van der Waals surface area contributed by atoms with E-state index in [9.17, 15) is 10.1 Å². The molecule has 2 aromatic heterocycles. The molecule has 0 radical (unpaired) electrons. The van der Waals surface area contributed by atoms with Crippen LogP contribution in [-0.2, 0) is 0 Å². The Hall–Kier alpha value is -3.74. The Kier molecular flexibility index (Phi) is 4.04. The highest BCUT2D eigenvalue weighted by molar-refractivity contribution is 5.80. The van der Waals surface area contributed by atoms with Gasteiger partial charge in [-0.3, -0.25) is 10.1 Å². The summed E-state index contributed by atoms with van der Waals surface area (Å²) >= 11 is 0. The Morgan fingerprint density at radius 2 is 1.74 bits per heavy atom. The second kappa shape index (κ2) is 6.53. The van der Waals surface area contributed by atoms with Crippen LogP contribution in [0.15, 0.2) is 65.3 Å². The summed E-state index contributed by atoms with van der Waals surface area (Å²) in [4.78, 5) is 15.1. The van der Waals surface area contributed by atoms with Crippen molar-refractivity contribution in [3.05, 3.63) is 82.5 Å². The van der Waals surface area contributed by atoms with Crippen LogP contribution in [0.25, 0.3) is 28.2 Å². The van der Waals surface area contributed by atoms with E-state index in [1.54, 1.807) is 12.1 Å². The number of nitro groups is 1. The van der Waals surface area contributed by atoms with E-state index in [1.807, 2.05) is 54.9 Å². The first kappa shape index (κ1) is 16.7. The number of hydrogen-bond acceptors (Lipinski definition) is 5. The molecule has 0 bridgehead atoms. The fraction of sp³-hybridized carbons (Fsp3) is 0.100. The molecule has 0 amide bonds. The van der Waals surface area contributed by atoms with Crippen LogP contribution in [0.5, 0.6) is 0 Å². The Labute approximate surface area is 155 Å². The molecule has 0 N–H and O–H groups in total. The molecule has 7 heteroatoms. The lowest BCUT2D eigenvalue weighted by Gasteiger charge is -2.03. The van der Waals surface area contributed by atoms with Crippen molar-refractivity contribution in [2.24, 2.45) is 0 Å². The van der Waals surface area contributed by atoms with Crippen LogP contribution in [0.4, 0.5) is 5.69 Å². The summed E-state index contributed by atoms with van der Waals surface area (Å²) < 4.78 is 7.32. The summed E-state index contributed by atoms with van der Waals surface area (Å²) in [6, 6.07) is 16.2. The molecule has 2 aromatic carbocycles. The molecule has 0 aliphatic carbocycles. The van der Waals surface area contributed by atoms with Gasteiger partial charge in [0.1, 0.15) is 17.3 Å². The first-order chi connectivity index (χ1) is 13.0. The molecule has 0 fully saturated rings. The highest BCUT2D eigenvalue weighted by Crippen LogP contribution is 2.34. The molecule has 0 aliphatic rings. The minimum absolute atomic E-state index is 0.0537. The molecule has 7 nitrogen and oxygen atoms in total. The second-order valence-electron chi connectivity index (χ2n) is 6.15. The number of hydrogen-bond donors (Lipinski definition) is 0. The van der Waals surface area contributed by atoms with Gasteiger partial charge in [-0.25, -0.2) is 4.98 Å². The van der Waals surface area contributed by atoms with Gasteiger partial charge >= 0.3 is 0 Å². The Balaban J connectivity index is 1.79. The SMILES string of the molecule is Cc1onc(-c2ccccc2)c1-c1cn(-c2ccc([N+](=O)[O-])cc2)c(C)n1. The maximum atomic E-state index is 10.9. The lowest BCUT2D eigenvalue weighted by atomic mass is 10.0. The van der Waals surface area contributed by atoms with E-state index in [2.05, 4.69) is 10.1 Å². The third kappa shape index (κ3) is 2.99. The van der Waals surface area contributed by atoms with E-state index in [1.165, 1.54) is 12.1 Å². The third-order valence-electron chi connectivity index (χ3n) is 4.39. The molecule has 0 saturated carbocycles. The van der Waals surface area contributed by atoms with Gasteiger partial charge < -0.3 is 9.09 Å². The number of nitro benzene ring substituents is 1. The van der Waals surface area contributed by atoms with Crippen LogP contribution in [0, 0.1) is 24.0 Å². The number of imidazole rings is 1. The van der Waals surface area contributed by atoms with Crippen LogP contribution < -0.4 is 0 Å². The van der Waals surface area contributed by atoms with Gasteiger partial charge in [-0.05, 0) is 26.0 Å². The summed E-state index contributed by atoms with van der Waals surface area (Å²) in [5.41, 5.74) is 4.12. The standard InChI is InChI=1S/C20H16N4O3/c1-13-19(20(22-27-13)15-6-4-3-5-7-15)18-12-23(14(2)21-18)16-8-10-17(11-9-16)24(25)26/h3-12H,1-2H3. The van der Waals surface area contributed by atoms with E-state index in [0.717, 1.165) is 34.0 Å². The van der Waals surface area contributed by atoms with Gasteiger partial charge in [0.2, 0.25) is 0 Å². The van der Waals surface area contributed by atoms with E-state index >= 15 is 0 Å². The van der Waals surface area contributed by atoms with Gasteiger partial charge in [0, 0.05) is 29.6 Å². The average Bonchev–Trinajstić information content (AvgIpc) is 3.25. The molecule has 4 aromatic rings. The number of nitrogens with zero attached hydrogens (tertiary/aromatic N) is 4. The van der Waals surface area contributed by atoms with Gasteiger partial charge in [0.25, 0.3) is 5.69 Å². The Bertz CT molecular complexity index is 1110. The molecule has 0 spiro atoms. The number of non-ortho nitro benzene ring substituents is 1. The Morgan fingerprint density at radius 3 is 2.41 bits per heavy atom. The largest absolute Gasteiger partial charge is 0.360 e. The molecule has 0 unspecified atom stereocenters. The van der Waals surface area contributed by atoms with Crippen molar-refractivity contribution < 1.29 is 9.45 Å². The van der Waals surface area contributed by atoms with E-state index in [0.29, 0.717) is 5.76 Å². The maximum Gasteiger partial charge on any atom is 0.269 e. The molecule has 4 rings (SSSR count). The first-order valence-corrected chi connectivity index (χ1v) is 8.37. The lowest BCUT2D eigenvalue weighted by Crippen LogP contribution is -1.95. The van der Waals surface area contributed by atoms with Gasteiger partial charge in [0.05, 0.1) is 16.2 Å². The van der Waals surface area contributed by atoms with Crippen LogP contribution in [-0.4, -0.2) is 19.6 Å². The van der Waals surface area contributed by atoms with Crippen molar-refractivity contribution in [3.63, 3.8) is 0 Å². The zero-order valence-electron chi connectivity index (χ0n) is 14.8. The summed E-state index contributed by atoms with van der Waals surface area (Å²) in [7, 11) is 0. The lowest BCUT2D eigenvalue weighted by molar-refractivity contribution is -0.384. The van der Waals surface area contributed by atoms with Crippen molar-refractivity contribution >= 4 is 5.69 Å².